The largest absolute Gasteiger partial charge is 0.504 e. The molecule has 0 spiro atoms. The van der Waals surface area contributed by atoms with Crippen LogP contribution >= 0.6 is 0 Å². The highest BCUT2D eigenvalue weighted by Gasteiger charge is 2.20. The molecule has 0 unspecified atom stereocenters. The average molecular weight is 218 g/mol. The van der Waals surface area contributed by atoms with Crippen molar-refractivity contribution in [3.63, 3.8) is 0 Å². The maximum absolute atomic E-state index is 13.1. The van der Waals surface area contributed by atoms with E-state index in [2.05, 4.69) is 4.74 Å². The molecule has 0 bridgehead atoms. The Morgan fingerprint density at radius 1 is 1.53 bits per heavy atom. The lowest BCUT2D eigenvalue weighted by Gasteiger charge is -2.09. The van der Waals surface area contributed by atoms with Gasteiger partial charge in [-0.1, -0.05) is 0 Å². The molecule has 0 radical (unpaired) electrons. The second-order valence-electron chi connectivity index (χ2n) is 2.77. The van der Waals surface area contributed by atoms with Gasteiger partial charge in [-0.15, -0.1) is 0 Å². The SMILES string of the molecule is COc1cc(F)c(F)c(CC(=O)O)c1O. The Labute approximate surface area is 83.7 Å². The Balaban J connectivity index is 3.33. The van der Waals surface area contributed by atoms with Crippen LogP contribution in [0.5, 0.6) is 11.5 Å². The van der Waals surface area contributed by atoms with Crippen LogP contribution < -0.4 is 4.74 Å². The molecule has 4 nitrogen and oxygen atoms in total. The number of benzene rings is 1. The van der Waals surface area contributed by atoms with Crippen LogP contribution in [0, 0.1) is 11.6 Å². The molecular formula is C9H8F2O4. The minimum absolute atomic E-state index is 0.301. The predicted molar refractivity (Wildman–Crippen MR) is 45.9 cm³/mol. The summed E-state index contributed by atoms with van der Waals surface area (Å²) in [4.78, 5) is 10.3. The van der Waals surface area contributed by atoms with Gasteiger partial charge in [0.15, 0.2) is 23.1 Å². The molecule has 0 aromatic heterocycles. The lowest BCUT2D eigenvalue weighted by molar-refractivity contribution is -0.136. The van der Waals surface area contributed by atoms with Crippen molar-refractivity contribution in [2.75, 3.05) is 7.11 Å². The molecule has 2 N–H and O–H groups in total. The van der Waals surface area contributed by atoms with Gasteiger partial charge >= 0.3 is 5.97 Å². The minimum Gasteiger partial charge on any atom is -0.504 e. The van der Waals surface area contributed by atoms with Crippen LogP contribution in [0.2, 0.25) is 0 Å². The highest BCUT2D eigenvalue weighted by Crippen LogP contribution is 2.33. The zero-order valence-corrected chi connectivity index (χ0v) is 7.75. The van der Waals surface area contributed by atoms with Crippen molar-refractivity contribution < 1.29 is 28.5 Å². The van der Waals surface area contributed by atoms with Gasteiger partial charge in [0, 0.05) is 11.6 Å². The van der Waals surface area contributed by atoms with Crippen LogP contribution in [-0.4, -0.2) is 23.3 Å². The first kappa shape index (κ1) is 11.2. The molecule has 1 aromatic rings. The van der Waals surface area contributed by atoms with Crippen molar-refractivity contribution in [2.24, 2.45) is 0 Å². The topological polar surface area (TPSA) is 66.8 Å². The molecule has 0 aliphatic heterocycles. The number of carboxylic acid groups (broad SMARTS) is 1. The van der Waals surface area contributed by atoms with E-state index < -0.39 is 35.3 Å². The van der Waals surface area contributed by atoms with E-state index in [0.29, 0.717) is 6.07 Å². The van der Waals surface area contributed by atoms with E-state index in [0.717, 1.165) is 7.11 Å². The van der Waals surface area contributed by atoms with Crippen LogP contribution in [0.1, 0.15) is 5.56 Å². The van der Waals surface area contributed by atoms with Gasteiger partial charge in [0.1, 0.15) is 0 Å². The van der Waals surface area contributed by atoms with Gasteiger partial charge in [0.25, 0.3) is 0 Å². The average Bonchev–Trinajstić information content (AvgIpc) is 2.18. The third-order valence-corrected chi connectivity index (χ3v) is 1.80. The standard InChI is InChI=1S/C9H8F2O4/c1-15-6-3-5(10)8(11)4(9(6)14)2-7(12)13/h3,14H,2H2,1H3,(H,12,13). The molecule has 6 heteroatoms. The number of aromatic hydroxyl groups is 1. The summed E-state index contributed by atoms with van der Waals surface area (Å²) in [6, 6.07) is 0.649. The van der Waals surface area contributed by atoms with Gasteiger partial charge < -0.3 is 14.9 Å². The first-order valence-electron chi connectivity index (χ1n) is 3.93. The third kappa shape index (κ3) is 2.15. The first-order valence-corrected chi connectivity index (χ1v) is 3.93. The van der Waals surface area contributed by atoms with E-state index in [1.807, 2.05) is 0 Å². The number of carboxylic acids is 1. The molecule has 0 aliphatic carbocycles. The maximum atomic E-state index is 13.1. The predicted octanol–water partition coefficient (Wildman–Crippen LogP) is 1.31. The summed E-state index contributed by atoms with van der Waals surface area (Å²) in [5.74, 6) is -5.02. The number of phenols is 1. The van der Waals surface area contributed by atoms with Crippen LogP contribution in [0.4, 0.5) is 8.78 Å². The van der Waals surface area contributed by atoms with E-state index in [-0.39, 0.29) is 5.75 Å². The molecule has 0 amide bonds. The van der Waals surface area contributed by atoms with Crippen molar-refractivity contribution in [3.8, 4) is 11.5 Å². The van der Waals surface area contributed by atoms with Crippen molar-refractivity contribution in [3.05, 3.63) is 23.3 Å². The molecule has 15 heavy (non-hydrogen) atoms. The summed E-state index contributed by atoms with van der Waals surface area (Å²) in [6.45, 7) is 0. The van der Waals surface area contributed by atoms with Crippen molar-refractivity contribution in [1.29, 1.82) is 0 Å². The highest BCUT2D eigenvalue weighted by molar-refractivity contribution is 5.72. The van der Waals surface area contributed by atoms with Crippen LogP contribution in [0.3, 0.4) is 0 Å². The Bertz CT molecular complexity index is 404. The minimum atomic E-state index is -1.38. The summed E-state index contributed by atoms with van der Waals surface area (Å²) in [5, 5.41) is 17.8. The fourth-order valence-corrected chi connectivity index (χ4v) is 1.11. The lowest BCUT2D eigenvalue weighted by atomic mass is 10.1. The third-order valence-electron chi connectivity index (χ3n) is 1.80. The van der Waals surface area contributed by atoms with E-state index in [1.165, 1.54) is 0 Å². The molecule has 82 valence electrons. The molecule has 1 rings (SSSR count). The van der Waals surface area contributed by atoms with Gasteiger partial charge in [0.05, 0.1) is 13.5 Å². The van der Waals surface area contributed by atoms with Crippen molar-refractivity contribution in [2.45, 2.75) is 6.42 Å². The molecule has 0 aliphatic rings. The summed E-state index contributed by atoms with van der Waals surface area (Å²) in [5.41, 5.74) is -0.626. The van der Waals surface area contributed by atoms with Crippen molar-refractivity contribution >= 4 is 5.97 Å². The first-order chi connectivity index (χ1) is 6.97. The number of aliphatic carboxylic acids is 1. The molecule has 0 fully saturated rings. The Morgan fingerprint density at radius 2 is 2.13 bits per heavy atom. The van der Waals surface area contributed by atoms with Crippen LogP contribution in [0.15, 0.2) is 6.07 Å². The number of hydrogen-bond acceptors (Lipinski definition) is 3. The lowest BCUT2D eigenvalue weighted by Crippen LogP contribution is -2.05. The van der Waals surface area contributed by atoms with Gasteiger partial charge in [-0.05, 0) is 0 Å². The number of rotatable bonds is 3. The van der Waals surface area contributed by atoms with E-state index in [4.69, 9.17) is 5.11 Å². The van der Waals surface area contributed by atoms with Gasteiger partial charge in [-0.2, -0.15) is 0 Å². The monoisotopic (exact) mass is 218 g/mol. The van der Waals surface area contributed by atoms with Crippen LogP contribution in [0.25, 0.3) is 0 Å². The summed E-state index contributed by atoms with van der Waals surface area (Å²) in [6.07, 6.45) is -0.814. The second kappa shape index (κ2) is 4.12. The molecule has 0 saturated heterocycles. The summed E-state index contributed by atoms with van der Waals surface area (Å²) < 4.78 is 30.5. The number of carbonyl (C=O) groups is 1. The summed E-state index contributed by atoms with van der Waals surface area (Å²) >= 11 is 0. The highest BCUT2D eigenvalue weighted by atomic mass is 19.2. The fourth-order valence-electron chi connectivity index (χ4n) is 1.11. The second-order valence-corrected chi connectivity index (χ2v) is 2.77. The normalized spacial score (nSPS) is 10.1. The zero-order valence-electron chi connectivity index (χ0n) is 7.75. The Hall–Kier alpha value is -1.85. The molecular weight excluding hydrogens is 210 g/mol. The van der Waals surface area contributed by atoms with E-state index in [9.17, 15) is 18.7 Å². The molecule has 1 aromatic carbocycles. The van der Waals surface area contributed by atoms with Gasteiger partial charge in [-0.25, -0.2) is 8.78 Å². The molecule has 0 heterocycles. The quantitative estimate of drug-likeness (QED) is 0.802. The van der Waals surface area contributed by atoms with Crippen molar-refractivity contribution in [1.82, 2.24) is 0 Å². The maximum Gasteiger partial charge on any atom is 0.308 e. The van der Waals surface area contributed by atoms with E-state index >= 15 is 0 Å². The number of hydrogen-bond donors (Lipinski definition) is 2. The number of ether oxygens (including phenoxy) is 1. The molecule has 0 atom stereocenters. The number of halogens is 2. The fraction of sp³-hybridized carbons (Fsp3) is 0.222. The zero-order chi connectivity index (χ0) is 11.6. The number of methoxy groups -OCH3 is 1. The Morgan fingerprint density at radius 3 is 2.60 bits per heavy atom. The van der Waals surface area contributed by atoms with Gasteiger partial charge in [-0.3, -0.25) is 4.79 Å². The molecule has 0 saturated carbocycles. The van der Waals surface area contributed by atoms with Crippen LogP contribution in [-0.2, 0) is 11.2 Å². The number of phenolic OH excluding ortho intramolecular Hbond substituents is 1. The summed E-state index contributed by atoms with van der Waals surface area (Å²) in [7, 11) is 1.15. The van der Waals surface area contributed by atoms with E-state index in [1.54, 1.807) is 0 Å². The van der Waals surface area contributed by atoms with Gasteiger partial charge in [0.2, 0.25) is 0 Å². The Kier molecular flexibility index (Phi) is 3.08. The smallest absolute Gasteiger partial charge is 0.308 e.